The number of fused-ring (bicyclic) bond motifs is 1. The third kappa shape index (κ3) is 2.51. The summed E-state index contributed by atoms with van der Waals surface area (Å²) in [6.45, 7) is 1.58. The molecular weight excluding hydrogens is 232 g/mol. The van der Waals surface area contributed by atoms with Crippen molar-refractivity contribution in [2.24, 2.45) is 0 Å². The first-order chi connectivity index (χ1) is 8.47. The zero-order valence-corrected chi connectivity index (χ0v) is 10.7. The van der Waals surface area contributed by atoms with Crippen LogP contribution >= 0.6 is 0 Å². The predicted molar refractivity (Wildman–Crippen MR) is 68.6 cm³/mol. The third-order valence-corrected chi connectivity index (χ3v) is 2.93. The number of nitrogens with zero attached hydrogens (tertiary/aromatic N) is 1. The number of hydrogen-bond donors (Lipinski definition) is 1. The van der Waals surface area contributed by atoms with E-state index in [1.165, 1.54) is 0 Å². The van der Waals surface area contributed by atoms with Gasteiger partial charge in [0.15, 0.2) is 5.58 Å². The zero-order chi connectivity index (χ0) is 13.3. The van der Waals surface area contributed by atoms with Crippen molar-refractivity contribution >= 4 is 16.9 Å². The van der Waals surface area contributed by atoms with Gasteiger partial charge in [0.05, 0.1) is 5.52 Å². The Morgan fingerprint density at radius 2 is 2.17 bits per heavy atom. The molecule has 1 N–H and O–H groups in total. The molecule has 5 heteroatoms. The normalized spacial score (nSPS) is 13.1. The average molecular weight is 248 g/mol. The van der Waals surface area contributed by atoms with Crippen molar-refractivity contribution < 1.29 is 9.21 Å². The van der Waals surface area contributed by atoms with Gasteiger partial charge in [-0.05, 0) is 38.7 Å². The minimum atomic E-state index is -0.463. The van der Waals surface area contributed by atoms with Gasteiger partial charge in [-0.15, -0.1) is 0 Å². The van der Waals surface area contributed by atoms with E-state index in [4.69, 9.17) is 4.42 Å². The molecule has 0 aliphatic rings. The monoisotopic (exact) mass is 248 g/mol. The molecule has 1 aromatic carbocycles. The standard InChI is InChI=1S/C13H16N2O3/c1-8(16)6-11(15(2)3)9-4-5-12-10(7-9)14-13(17)18-12/h4-5,7,11H,6H2,1-3H3,(H,14,17). The molecule has 1 heterocycles. The molecule has 2 rings (SSSR count). The highest BCUT2D eigenvalue weighted by Crippen LogP contribution is 2.24. The quantitative estimate of drug-likeness (QED) is 0.894. The molecule has 0 aliphatic heterocycles. The van der Waals surface area contributed by atoms with Crippen LogP contribution in [0.4, 0.5) is 0 Å². The topological polar surface area (TPSA) is 66.3 Å². The van der Waals surface area contributed by atoms with Gasteiger partial charge < -0.3 is 9.32 Å². The SMILES string of the molecule is CC(=O)CC(c1ccc2oc(=O)[nH]c2c1)N(C)C. The second-order valence-electron chi connectivity index (χ2n) is 4.66. The number of carbonyl (C=O) groups is 1. The number of carbonyl (C=O) groups excluding carboxylic acids is 1. The number of nitrogens with one attached hydrogen (secondary N) is 1. The molecule has 0 bridgehead atoms. The van der Waals surface area contributed by atoms with E-state index in [1.54, 1.807) is 13.0 Å². The summed E-state index contributed by atoms with van der Waals surface area (Å²) < 4.78 is 4.95. The maximum Gasteiger partial charge on any atom is 0.417 e. The summed E-state index contributed by atoms with van der Waals surface area (Å²) in [5.41, 5.74) is 2.18. The summed E-state index contributed by atoms with van der Waals surface area (Å²) in [4.78, 5) is 27.0. The minimum Gasteiger partial charge on any atom is -0.408 e. The van der Waals surface area contributed by atoms with Crippen molar-refractivity contribution in [3.63, 3.8) is 0 Å². The fourth-order valence-corrected chi connectivity index (χ4v) is 2.05. The molecule has 96 valence electrons. The lowest BCUT2D eigenvalue weighted by molar-refractivity contribution is -0.118. The molecule has 5 nitrogen and oxygen atoms in total. The Labute approximate surface area is 104 Å². The summed E-state index contributed by atoms with van der Waals surface area (Å²) in [7, 11) is 3.85. The Kier molecular flexibility index (Phi) is 3.34. The lowest BCUT2D eigenvalue weighted by Gasteiger charge is -2.23. The van der Waals surface area contributed by atoms with Crippen LogP contribution in [0, 0.1) is 0 Å². The van der Waals surface area contributed by atoms with Crippen LogP contribution in [-0.4, -0.2) is 29.8 Å². The first kappa shape index (κ1) is 12.6. The summed E-state index contributed by atoms with van der Waals surface area (Å²) in [6.07, 6.45) is 0.445. The number of aromatic nitrogens is 1. The number of H-pyrrole nitrogens is 1. The highest BCUT2D eigenvalue weighted by molar-refractivity contribution is 5.77. The summed E-state index contributed by atoms with van der Waals surface area (Å²) in [6, 6.07) is 5.49. The van der Waals surface area contributed by atoms with Crippen LogP contribution in [0.2, 0.25) is 0 Å². The third-order valence-electron chi connectivity index (χ3n) is 2.93. The molecule has 1 unspecified atom stereocenters. The van der Waals surface area contributed by atoms with Gasteiger partial charge in [-0.2, -0.15) is 0 Å². The zero-order valence-electron chi connectivity index (χ0n) is 10.7. The number of oxazole rings is 1. The van der Waals surface area contributed by atoms with Crippen LogP contribution < -0.4 is 5.76 Å². The fraction of sp³-hybridized carbons (Fsp3) is 0.385. The van der Waals surface area contributed by atoms with Crippen molar-refractivity contribution in [2.75, 3.05) is 14.1 Å². The Morgan fingerprint density at radius 3 is 2.78 bits per heavy atom. The molecule has 0 aliphatic carbocycles. The lowest BCUT2D eigenvalue weighted by atomic mass is 10.0. The molecule has 0 radical (unpaired) electrons. The van der Waals surface area contributed by atoms with Crippen LogP contribution in [0.1, 0.15) is 24.9 Å². The van der Waals surface area contributed by atoms with E-state index in [2.05, 4.69) is 4.98 Å². The summed E-state index contributed by atoms with van der Waals surface area (Å²) >= 11 is 0. The fourth-order valence-electron chi connectivity index (χ4n) is 2.05. The van der Waals surface area contributed by atoms with Crippen LogP contribution in [0.15, 0.2) is 27.4 Å². The molecule has 0 saturated heterocycles. The number of hydrogen-bond acceptors (Lipinski definition) is 4. The van der Waals surface area contributed by atoms with Gasteiger partial charge >= 0.3 is 5.76 Å². The Morgan fingerprint density at radius 1 is 1.44 bits per heavy atom. The molecule has 18 heavy (non-hydrogen) atoms. The van der Waals surface area contributed by atoms with Crippen molar-refractivity contribution in [3.8, 4) is 0 Å². The lowest BCUT2D eigenvalue weighted by Crippen LogP contribution is -2.22. The minimum absolute atomic E-state index is 0.00491. The van der Waals surface area contributed by atoms with E-state index in [0.29, 0.717) is 17.5 Å². The van der Waals surface area contributed by atoms with Gasteiger partial charge in [-0.1, -0.05) is 6.07 Å². The van der Waals surface area contributed by atoms with Crippen molar-refractivity contribution in [3.05, 3.63) is 34.3 Å². The van der Waals surface area contributed by atoms with Gasteiger partial charge in [-0.25, -0.2) is 4.79 Å². The molecule has 0 amide bonds. The highest BCUT2D eigenvalue weighted by atomic mass is 16.4. The molecule has 1 atom stereocenters. The van der Waals surface area contributed by atoms with Gasteiger partial charge in [0.2, 0.25) is 0 Å². The van der Waals surface area contributed by atoms with Gasteiger partial charge in [0.25, 0.3) is 0 Å². The van der Waals surface area contributed by atoms with Crippen LogP contribution in [0.3, 0.4) is 0 Å². The average Bonchev–Trinajstić information content (AvgIpc) is 2.64. The largest absolute Gasteiger partial charge is 0.417 e. The molecule has 0 fully saturated rings. The van der Waals surface area contributed by atoms with Crippen molar-refractivity contribution in [1.29, 1.82) is 0 Å². The predicted octanol–water partition coefficient (Wildman–Crippen LogP) is 1.70. The van der Waals surface area contributed by atoms with Crippen LogP contribution in [0.5, 0.6) is 0 Å². The second-order valence-corrected chi connectivity index (χ2v) is 4.66. The Balaban J connectivity index is 2.43. The Hall–Kier alpha value is -1.88. The highest BCUT2D eigenvalue weighted by Gasteiger charge is 2.17. The first-order valence-corrected chi connectivity index (χ1v) is 5.76. The summed E-state index contributed by atoms with van der Waals surface area (Å²) in [5, 5.41) is 0. The summed E-state index contributed by atoms with van der Waals surface area (Å²) in [5.74, 6) is -0.329. The van der Waals surface area contributed by atoms with E-state index in [-0.39, 0.29) is 11.8 Å². The smallest absolute Gasteiger partial charge is 0.408 e. The van der Waals surface area contributed by atoms with Crippen molar-refractivity contribution in [2.45, 2.75) is 19.4 Å². The van der Waals surface area contributed by atoms with Gasteiger partial charge in [0, 0.05) is 12.5 Å². The number of Topliss-reactive ketones (excluding diaryl/α,β-unsaturated/α-hetero) is 1. The van der Waals surface area contributed by atoms with E-state index in [1.807, 2.05) is 31.1 Å². The molecule has 2 aromatic rings. The number of aromatic amines is 1. The van der Waals surface area contributed by atoms with Crippen LogP contribution in [0.25, 0.3) is 11.1 Å². The Bertz CT molecular complexity index is 624. The molecule has 0 spiro atoms. The number of ketones is 1. The van der Waals surface area contributed by atoms with Crippen LogP contribution in [-0.2, 0) is 4.79 Å². The first-order valence-electron chi connectivity index (χ1n) is 5.76. The van der Waals surface area contributed by atoms with E-state index in [0.717, 1.165) is 5.56 Å². The van der Waals surface area contributed by atoms with Gasteiger partial charge in [0.1, 0.15) is 5.78 Å². The van der Waals surface area contributed by atoms with Gasteiger partial charge in [-0.3, -0.25) is 9.78 Å². The second kappa shape index (κ2) is 4.78. The maximum absolute atomic E-state index is 11.3. The van der Waals surface area contributed by atoms with Crippen molar-refractivity contribution in [1.82, 2.24) is 9.88 Å². The van der Waals surface area contributed by atoms with E-state index < -0.39 is 5.76 Å². The number of benzene rings is 1. The van der Waals surface area contributed by atoms with E-state index in [9.17, 15) is 9.59 Å². The molecule has 1 aromatic heterocycles. The van der Waals surface area contributed by atoms with E-state index >= 15 is 0 Å². The molecular formula is C13H16N2O3. The molecule has 0 saturated carbocycles. The maximum atomic E-state index is 11.3. The number of rotatable bonds is 4.